The summed E-state index contributed by atoms with van der Waals surface area (Å²) in [6, 6.07) is 4.04. The summed E-state index contributed by atoms with van der Waals surface area (Å²) in [6.07, 6.45) is 2.27. The molecule has 0 aliphatic heterocycles. The van der Waals surface area contributed by atoms with Gasteiger partial charge in [0, 0.05) is 12.5 Å². The Morgan fingerprint density at radius 1 is 1.38 bits per heavy atom. The second-order valence-electron chi connectivity index (χ2n) is 5.74. The first-order chi connectivity index (χ1) is 10.1. The summed E-state index contributed by atoms with van der Waals surface area (Å²) in [5.41, 5.74) is 0.913. The van der Waals surface area contributed by atoms with Gasteiger partial charge in [0.25, 0.3) is 0 Å². The molecule has 1 aliphatic carbocycles. The largest absolute Gasteiger partial charge is 0.457 e. The molecule has 2 aromatic rings. The quantitative estimate of drug-likeness (QED) is 0.845. The van der Waals surface area contributed by atoms with Crippen molar-refractivity contribution in [3.8, 4) is 11.6 Å². The maximum atomic E-state index is 5.95. The van der Waals surface area contributed by atoms with Crippen LogP contribution < -0.4 is 5.32 Å². The van der Waals surface area contributed by atoms with Gasteiger partial charge >= 0.3 is 0 Å². The number of anilines is 1. The Bertz CT molecular complexity index is 653. The van der Waals surface area contributed by atoms with Crippen LogP contribution in [0.25, 0.3) is 11.6 Å². The van der Waals surface area contributed by atoms with Gasteiger partial charge in [0.05, 0.1) is 10.2 Å². The van der Waals surface area contributed by atoms with Gasteiger partial charge < -0.3 is 9.73 Å². The van der Waals surface area contributed by atoms with Crippen molar-refractivity contribution in [2.24, 2.45) is 5.92 Å². The zero-order chi connectivity index (χ0) is 15.0. The number of halogens is 1. The number of nitrogens with one attached hydrogen (secondary N) is 1. The van der Waals surface area contributed by atoms with Gasteiger partial charge in [-0.15, -0.1) is 0 Å². The minimum Gasteiger partial charge on any atom is -0.457 e. The highest BCUT2D eigenvalue weighted by Gasteiger charge is 2.36. The zero-order valence-electron chi connectivity index (χ0n) is 12.6. The molecule has 2 aromatic heterocycles. The van der Waals surface area contributed by atoms with E-state index in [2.05, 4.69) is 51.1 Å². The standard InChI is InChI=1S/C16H20BrN3O/c1-4-7-18-16-14(17)10(3)19-15(20-16)13-6-5-12(21-13)11-8-9(11)2/h5-6,9,11H,4,7-8H2,1-3H3,(H,18,19,20). The van der Waals surface area contributed by atoms with Crippen LogP contribution in [0.4, 0.5) is 5.82 Å². The third-order valence-corrected chi connectivity index (χ3v) is 4.83. The molecule has 0 aromatic carbocycles. The first-order valence-corrected chi connectivity index (χ1v) is 8.27. The van der Waals surface area contributed by atoms with Crippen LogP contribution in [0.15, 0.2) is 21.0 Å². The molecule has 4 nitrogen and oxygen atoms in total. The lowest BCUT2D eigenvalue weighted by atomic mass is 10.3. The summed E-state index contributed by atoms with van der Waals surface area (Å²) in [6.45, 7) is 7.24. The average molecular weight is 350 g/mol. The highest BCUT2D eigenvalue weighted by molar-refractivity contribution is 9.10. The van der Waals surface area contributed by atoms with Crippen molar-refractivity contribution in [2.75, 3.05) is 11.9 Å². The van der Waals surface area contributed by atoms with Crippen molar-refractivity contribution in [3.63, 3.8) is 0 Å². The van der Waals surface area contributed by atoms with E-state index < -0.39 is 0 Å². The lowest BCUT2D eigenvalue weighted by Gasteiger charge is -2.09. The Hall–Kier alpha value is -1.36. The molecule has 2 heterocycles. The highest BCUT2D eigenvalue weighted by Crippen LogP contribution is 2.47. The summed E-state index contributed by atoms with van der Waals surface area (Å²) < 4.78 is 6.87. The maximum Gasteiger partial charge on any atom is 0.197 e. The van der Waals surface area contributed by atoms with E-state index in [1.54, 1.807) is 0 Å². The third kappa shape index (κ3) is 2.98. The molecular weight excluding hydrogens is 330 g/mol. The molecule has 1 aliphatic rings. The smallest absolute Gasteiger partial charge is 0.197 e. The number of aryl methyl sites for hydroxylation is 1. The number of hydrogen-bond donors (Lipinski definition) is 1. The topological polar surface area (TPSA) is 51.0 Å². The van der Waals surface area contributed by atoms with Gasteiger partial charge in [-0.25, -0.2) is 9.97 Å². The molecule has 0 bridgehead atoms. The molecule has 3 rings (SSSR count). The molecule has 0 saturated heterocycles. The van der Waals surface area contributed by atoms with E-state index in [1.807, 2.05) is 13.0 Å². The SMILES string of the molecule is CCCNc1nc(-c2ccc(C3CC3C)o2)nc(C)c1Br. The predicted octanol–water partition coefficient (Wildman–Crippen LogP) is 4.75. The summed E-state index contributed by atoms with van der Waals surface area (Å²) >= 11 is 3.55. The van der Waals surface area contributed by atoms with Crippen molar-refractivity contribution >= 4 is 21.7 Å². The minimum atomic E-state index is 0.577. The van der Waals surface area contributed by atoms with Gasteiger partial charge in [0.1, 0.15) is 11.6 Å². The maximum absolute atomic E-state index is 5.95. The van der Waals surface area contributed by atoms with E-state index in [-0.39, 0.29) is 0 Å². The van der Waals surface area contributed by atoms with Gasteiger partial charge in [-0.3, -0.25) is 0 Å². The van der Waals surface area contributed by atoms with Gasteiger partial charge in [0.2, 0.25) is 0 Å². The van der Waals surface area contributed by atoms with Crippen LogP contribution in [0.5, 0.6) is 0 Å². The second-order valence-corrected chi connectivity index (χ2v) is 6.54. The van der Waals surface area contributed by atoms with Gasteiger partial charge in [-0.05, 0) is 53.7 Å². The Morgan fingerprint density at radius 2 is 2.14 bits per heavy atom. The van der Waals surface area contributed by atoms with Crippen LogP contribution in [0.1, 0.15) is 44.1 Å². The van der Waals surface area contributed by atoms with E-state index in [0.717, 1.165) is 46.4 Å². The summed E-state index contributed by atoms with van der Waals surface area (Å²) in [7, 11) is 0. The predicted molar refractivity (Wildman–Crippen MR) is 87.5 cm³/mol. The molecular formula is C16H20BrN3O. The third-order valence-electron chi connectivity index (χ3n) is 3.88. The van der Waals surface area contributed by atoms with Crippen molar-refractivity contribution in [2.45, 2.75) is 39.5 Å². The van der Waals surface area contributed by atoms with E-state index in [0.29, 0.717) is 11.7 Å². The summed E-state index contributed by atoms with van der Waals surface area (Å²) in [5, 5.41) is 3.32. The first kappa shape index (κ1) is 14.6. The number of hydrogen-bond acceptors (Lipinski definition) is 4. The van der Waals surface area contributed by atoms with Crippen molar-refractivity contribution in [1.82, 2.24) is 9.97 Å². The molecule has 112 valence electrons. The van der Waals surface area contributed by atoms with Gasteiger partial charge in [0.15, 0.2) is 11.6 Å². The molecule has 1 saturated carbocycles. The molecule has 2 atom stereocenters. The molecule has 2 unspecified atom stereocenters. The monoisotopic (exact) mass is 349 g/mol. The molecule has 0 spiro atoms. The van der Waals surface area contributed by atoms with E-state index in [4.69, 9.17) is 4.42 Å². The molecule has 21 heavy (non-hydrogen) atoms. The molecule has 1 fully saturated rings. The normalized spacial score (nSPS) is 20.6. The number of rotatable bonds is 5. The van der Waals surface area contributed by atoms with Crippen LogP contribution in [-0.2, 0) is 0 Å². The van der Waals surface area contributed by atoms with Crippen LogP contribution >= 0.6 is 15.9 Å². The fourth-order valence-electron chi connectivity index (χ4n) is 2.42. The van der Waals surface area contributed by atoms with Gasteiger partial charge in [-0.1, -0.05) is 13.8 Å². The van der Waals surface area contributed by atoms with Crippen molar-refractivity contribution in [1.29, 1.82) is 0 Å². The van der Waals surface area contributed by atoms with Crippen LogP contribution in [0.2, 0.25) is 0 Å². The second kappa shape index (κ2) is 5.79. The van der Waals surface area contributed by atoms with Crippen LogP contribution in [-0.4, -0.2) is 16.5 Å². The van der Waals surface area contributed by atoms with E-state index in [1.165, 1.54) is 6.42 Å². The summed E-state index contributed by atoms with van der Waals surface area (Å²) in [5.74, 6) is 4.60. The molecule has 0 amide bonds. The Morgan fingerprint density at radius 3 is 2.81 bits per heavy atom. The number of aromatic nitrogens is 2. The zero-order valence-corrected chi connectivity index (χ0v) is 14.2. The average Bonchev–Trinajstić information content (AvgIpc) is 3.01. The Kier molecular flexibility index (Phi) is 4.02. The number of furan rings is 1. The first-order valence-electron chi connectivity index (χ1n) is 7.48. The molecule has 5 heteroatoms. The summed E-state index contributed by atoms with van der Waals surface area (Å²) in [4.78, 5) is 9.12. The fraction of sp³-hybridized carbons (Fsp3) is 0.500. The van der Waals surface area contributed by atoms with E-state index >= 15 is 0 Å². The minimum absolute atomic E-state index is 0.577. The molecule has 1 N–H and O–H groups in total. The van der Waals surface area contributed by atoms with Gasteiger partial charge in [-0.2, -0.15) is 0 Å². The van der Waals surface area contributed by atoms with Crippen LogP contribution in [0.3, 0.4) is 0 Å². The van der Waals surface area contributed by atoms with E-state index in [9.17, 15) is 0 Å². The van der Waals surface area contributed by atoms with Crippen molar-refractivity contribution in [3.05, 3.63) is 28.1 Å². The lowest BCUT2D eigenvalue weighted by Crippen LogP contribution is -2.06. The van der Waals surface area contributed by atoms with Crippen molar-refractivity contribution < 1.29 is 4.42 Å². The lowest BCUT2D eigenvalue weighted by molar-refractivity contribution is 0.515. The Labute approximate surface area is 133 Å². The Balaban J connectivity index is 1.90. The molecule has 0 radical (unpaired) electrons. The fourth-order valence-corrected chi connectivity index (χ4v) is 2.74. The van der Waals surface area contributed by atoms with Crippen LogP contribution in [0, 0.1) is 12.8 Å². The number of nitrogens with zero attached hydrogens (tertiary/aromatic N) is 2. The highest BCUT2D eigenvalue weighted by atomic mass is 79.9.